The summed E-state index contributed by atoms with van der Waals surface area (Å²) in [7, 11) is 0. The average molecular weight is 196 g/mol. The largest absolute Gasteiger partial charge is 0.398 e. The second-order valence-corrected chi connectivity index (χ2v) is 3.66. The number of rotatable bonds is 1. The smallest absolute Gasteiger partial charge is 0.0397 e. The van der Waals surface area contributed by atoms with Gasteiger partial charge in [-0.2, -0.15) is 12.6 Å². The quantitative estimate of drug-likeness (QED) is 0.476. The molecule has 3 heteroatoms. The van der Waals surface area contributed by atoms with Crippen LogP contribution in [0, 0.1) is 20.8 Å². The van der Waals surface area contributed by atoms with Crippen molar-refractivity contribution in [1.29, 1.82) is 0 Å². The van der Waals surface area contributed by atoms with Crippen LogP contribution in [0.15, 0.2) is 0 Å². The Morgan fingerprint density at radius 2 is 1.31 bits per heavy atom. The fourth-order valence-corrected chi connectivity index (χ4v) is 2.03. The molecule has 0 aliphatic carbocycles. The first kappa shape index (κ1) is 10.3. The standard InChI is InChI=1S/C10H16N2S/c1-5-8(4-13)6(2)10(12)7(3)9(5)11/h13H,4,11-12H2,1-3H3. The molecular weight excluding hydrogens is 180 g/mol. The molecule has 0 aliphatic heterocycles. The van der Waals surface area contributed by atoms with Gasteiger partial charge in [-0.05, 0) is 43.0 Å². The second kappa shape index (κ2) is 3.50. The summed E-state index contributed by atoms with van der Waals surface area (Å²) in [5, 5.41) is 0. The third-order valence-electron chi connectivity index (χ3n) is 2.68. The zero-order chi connectivity index (χ0) is 10.2. The fraction of sp³-hybridized carbons (Fsp3) is 0.400. The normalized spacial score (nSPS) is 10.5. The van der Waals surface area contributed by atoms with Gasteiger partial charge >= 0.3 is 0 Å². The molecule has 0 atom stereocenters. The minimum Gasteiger partial charge on any atom is -0.398 e. The van der Waals surface area contributed by atoms with E-state index in [1.807, 2.05) is 20.8 Å². The average Bonchev–Trinajstić information content (AvgIpc) is 2.13. The van der Waals surface area contributed by atoms with Gasteiger partial charge in [-0.25, -0.2) is 0 Å². The van der Waals surface area contributed by atoms with Gasteiger partial charge in [-0.1, -0.05) is 0 Å². The summed E-state index contributed by atoms with van der Waals surface area (Å²) in [5.74, 6) is 0.687. The lowest BCUT2D eigenvalue weighted by Crippen LogP contribution is -2.05. The molecule has 0 radical (unpaired) electrons. The van der Waals surface area contributed by atoms with Gasteiger partial charge in [0.05, 0.1) is 0 Å². The molecule has 0 heterocycles. The van der Waals surface area contributed by atoms with Crippen LogP contribution in [0.25, 0.3) is 0 Å². The minimum absolute atomic E-state index is 0.687. The summed E-state index contributed by atoms with van der Waals surface area (Å²) >= 11 is 4.27. The Labute approximate surface area is 84.7 Å². The highest BCUT2D eigenvalue weighted by atomic mass is 32.1. The number of nitrogens with two attached hydrogens (primary N) is 2. The Morgan fingerprint density at radius 1 is 0.923 bits per heavy atom. The van der Waals surface area contributed by atoms with Crippen LogP contribution < -0.4 is 11.5 Å². The molecular formula is C10H16N2S. The molecule has 0 unspecified atom stereocenters. The zero-order valence-electron chi connectivity index (χ0n) is 8.31. The monoisotopic (exact) mass is 196 g/mol. The molecule has 0 saturated carbocycles. The van der Waals surface area contributed by atoms with E-state index in [-0.39, 0.29) is 0 Å². The van der Waals surface area contributed by atoms with Gasteiger partial charge in [0, 0.05) is 17.1 Å². The molecule has 0 saturated heterocycles. The van der Waals surface area contributed by atoms with E-state index in [4.69, 9.17) is 11.5 Å². The van der Waals surface area contributed by atoms with Crippen LogP contribution in [-0.2, 0) is 5.75 Å². The van der Waals surface area contributed by atoms with Crippen molar-refractivity contribution in [3.05, 3.63) is 22.3 Å². The number of anilines is 2. The number of benzene rings is 1. The SMILES string of the molecule is Cc1c(N)c(C)c(CS)c(C)c1N. The van der Waals surface area contributed by atoms with Crippen LogP contribution >= 0.6 is 12.6 Å². The van der Waals surface area contributed by atoms with Gasteiger partial charge in [0.2, 0.25) is 0 Å². The van der Waals surface area contributed by atoms with Crippen molar-refractivity contribution in [3.63, 3.8) is 0 Å². The molecule has 1 aromatic rings. The third-order valence-corrected chi connectivity index (χ3v) is 3.00. The predicted molar refractivity (Wildman–Crippen MR) is 62.2 cm³/mol. The molecule has 4 N–H and O–H groups in total. The van der Waals surface area contributed by atoms with Crippen molar-refractivity contribution in [1.82, 2.24) is 0 Å². The molecule has 0 spiro atoms. The van der Waals surface area contributed by atoms with E-state index >= 15 is 0 Å². The third kappa shape index (κ3) is 1.48. The molecule has 1 rings (SSSR count). The predicted octanol–water partition coefficient (Wildman–Crippen LogP) is 2.21. The second-order valence-electron chi connectivity index (χ2n) is 3.34. The number of hydrogen-bond acceptors (Lipinski definition) is 3. The van der Waals surface area contributed by atoms with Gasteiger partial charge in [-0.3, -0.25) is 0 Å². The van der Waals surface area contributed by atoms with Crippen molar-refractivity contribution in [2.45, 2.75) is 26.5 Å². The summed E-state index contributed by atoms with van der Waals surface area (Å²) in [6.45, 7) is 5.98. The van der Waals surface area contributed by atoms with Crippen molar-refractivity contribution >= 4 is 24.0 Å². The van der Waals surface area contributed by atoms with E-state index in [9.17, 15) is 0 Å². The maximum Gasteiger partial charge on any atom is 0.0397 e. The van der Waals surface area contributed by atoms with Gasteiger partial charge in [0.15, 0.2) is 0 Å². The lowest BCUT2D eigenvalue weighted by atomic mass is 9.96. The summed E-state index contributed by atoms with van der Waals surface area (Å²) < 4.78 is 0. The Hall–Kier alpha value is -0.830. The molecule has 0 fully saturated rings. The van der Waals surface area contributed by atoms with E-state index in [0.717, 1.165) is 33.6 Å². The van der Waals surface area contributed by atoms with Crippen molar-refractivity contribution in [2.75, 3.05) is 11.5 Å². The Balaban J connectivity index is 3.56. The molecule has 13 heavy (non-hydrogen) atoms. The zero-order valence-corrected chi connectivity index (χ0v) is 9.20. The van der Waals surface area contributed by atoms with Crippen LogP contribution in [0.1, 0.15) is 22.3 Å². The topological polar surface area (TPSA) is 52.0 Å². The van der Waals surface area contributed by atoms with Gasteiger partial charge in [-0.15, -0.1) is 0 Å². The summed E-state index contributed by atoms with van der Waals surface area (Å²) in [6.07, 6.45) is 0. The minimum atomic E-state index is 0.687. The highest BCUT2D eigenvalue weighted by Gasteiger charge is 2.11. The summed E-state index contributed by atoms with van der Waals surface area (Å²) in [5.41, 5.74) is 17.8. The first-order valence-electron chi connectivity index (χ1n) is 4.25. The van der Waals surface area contributed by atoms with Gasteiger partial charge in [0.1, 0.15) is 0 Å². The molecule has 0 aliphatic rings. The molecule has 0 amide bonds. The molecule has 0 aromatic heterocycles. The Kier molecular flexibility index (Phi) is 2.76. The van der Waals surface area contributed by atoms with E-state index in [2.05, 4.69) is 12.6 Å². The number of hydrogen-bond donors (Lipinski definition) is 3. The molecule has 0 bridgehead atoms. The Bertz CT molecular complexity index is 316. The van der Waals surface area contributed by atoms with Crippen LogP contribution in [0.2, 0.25) is 0 Å². The summed E-state index contributed by atoms with van der Waals surface area (Å²) in [6, 6.07) is 0. The maximum atomic E-state index is 5.91. The fourth-order valence-electron chi connectivity index (χ4n) is 1.55. The van der Waals surface area contributed by atoms with Crippen molar-refractivity contribution in [3.8, 4) is 0 Å². The van der Waals surface area contributed by atoms with Crippen LogP contribution in [0.4, 0.5) is 11.4 Å². The Morgan fingerprint density at radius 3 is 1.62 bits per heavy atom. The molecule has 72 valence electrons. The van der Waals surface area contributed by atoms with Crippen molar-refractivity contribution in [2.24, 2.45) is 0 Å². The lowest BCUT2D eigenvalue weighted by Gasteiger charge is -2.16. The maximum absolute atomic E-state index is 5.91. The number of nitrogen functional groups attached to an aromatic ring is 2. The van der Waals surface area contributed by atoms with Crippen LogP contribution in [-0.4, -0.2) is 0 Å². The van der Waals surface area contributed by atoms with E-state index in [1.54, 1.807) is 0 Å². The van der Waals surface area contributed by atoms with E-state index in [0.29, 0.717) is 5.75 Å². The van der Waals surface area contributed by atoms with Gasteiger partial charge in [0.25, 0.3) is 0 Å². The first-order valence-corrected chi connectivity index (χ1v) is 4.88. The van der Waals surface area contributed by atoms with E-state index < -0.39 is 0 Å². The number of thiol groups is 1. The molecule has 1 aromatic carbocycles. The van der Waals surface area contributed by atoms with Crippen molar-refractivity contribution < 1.29 is 0 Å². The first-order chi connectivity index (χ1) is 6.00. The summed E-state index contributed by atoms with van der Waals surface area (Å²) in [4.78, 5) is 0. The lowest BCUT2D eigenvalue weighted by molar-refractivity contribution is 1.23. The highest BCUT2D eigenvalue weighted by molar-refractivity contribution is 7.79. The molecule has 2 nitrogen and oxygen atoms in total. The van der Waals surface area contributed by atoms with Gasteiger partial charge < -0.3 is 11.5 Å². The van der Waals surface area contributed by atoms with Crippen LogP contribution in [0.3, 0.4) is 0 Å². The highest BCUT2D eigenvalue weighted by Crippen LogP contribution is 2.31. The van der Waals surface area contributed by atoms with E-state index in [1.165, 1.54) is 0 Å². The van der Waals surface area contributed by atoms with Crippen LogP contribution in [0.5, 0.6) is 0 Å².